The number of halogens is 18. The third kappa shape index (κ3) is 20.3. The molecule has 94 heavy (non-hydrogen) atoms. The number of urea groups is 2. The third-order valence-electron chi connectivity index (χ3n) is 19.5. The molecule has 4 amide bonds. The zero-order valence-electron chi connectivity index (χ0n) is 53.1. The van der Waals surface area contributed by atoms with E-state index in [1.807, 2.05) is 0 Å². The number of carbonyl (C=O) groups excluding carboxylic acids is 2. The van der Waals surface area contributed by atoms with Crippen molar-refractivity contribution < 1.29 is 71.1 Å². The summed E-state index contributed by atoms with van der Waals surface area (Å²) in [7, 11) is 2.75. The fourth-order valence-corrected chi connectivity index (χ4v) is 14.8. The molecule has 6 fully saturated rings. The van der Waals surface area contributed by atoms with Crippen LogP contribution in [0.4, 0.5) is 71.1 Å². The molecular formula is C66H86Cl4F14N8O2. The zero-order chi connectivity index (χ0) is 65.0. The molecule has 0 aromatic heterocycles. The Balaban J connectivity index is 0.000000327. The average Bonchev–Trinajstić information content (AvgIpc) is 0.808. The van der Waals surface area contributed by atoms with Crippen molar-refractivity contribution in [3.8, 4) is 0 Å². The summed E-state index contributed by atoms with van der Waals surface area (Å²) in [5.41, 5.74) is -3.29. The first-order valence-electron chi connectivity index (χ1n) is 31.5. The minimum Gasteiger partial charge on any atom is -0.323 e. The van der Waals surface area contributed by atoms with Gasteiger partial charge in [-0.1, -0.05) is 25.0 Å². The van der Waals surface area contributed by atoms with Crippen LogP contribution in [-0.2, 0) is 37.8 Å². The van der Waals surface area contributed by atoms with Gasteiger partial charge in [-0.25, -0.2) is 18.4 Å². The van der Waals surface area contributed by atoms with Crippen LogP contribution in [0, 0.1) is 25.5 Å². The van der Waals surface area contributed by atoms with E-state index in [4.69, 9.17) is 0 Å². The van der Waals surface area contributed by atoms with Crippen LogP contribution in [0.15, 0.2) is 72.8 Å². The lowest BCUT2D eigenvalue weighted by Gasteiger charge is -2.48. The molecule has 10 nitrogen and oxygen atoms in total. The van der Waals surface area contributed by atoms with E-state index in [1.54, 1.807) is 35.8 Å². The van der Waals surface area contributed by atoms with E-state index in [1.165, 1.54) is 76.9 Å². The second-order valence-corrected chi connectivity index (χ2v) is 25.6. The standard InChI is InChI=1S/2C33H41F7N4O.4ClH/c2*1-22-16-26(34)6-7-29(22)30-20-28(43-13-8-27(9-14-43)42-11-4-3-5-12-42)10-15-44(30)31(45)41(2)21-23-17-24(32(35,36)37)19-25(18-23)33(38,39)40;;;;/h2*6-7,16-19,27-28,30H,3-5,8-15,20-21H2,1-2H3;4*1H/t2*28-,30+;;;;/m10..../s1. The quantitative estimate of drug-likeness (QED) is 0.148. The summed E-state index contributed by atoms with van der Waals surface area (Å²) in [6.07, 6.45) is -5.44. The number of piperidine rings is 6. The molecule has 6 aliphatic heterocycles. The molecule has 6 aliphatic rings. The maximum atomic E-state index is 14.1. The topological polar surface area (TPSA) is 60.1 Å². The van der Waals surface area contributed by atoms with Gasteiger partial charge in [-0.15, -0.1) is 49.6 Å². The molecule has 0 bridgehead atoms. The van der Waals surface area contributed by atoms with Crippen molar-refractivity contribution in [3.05, 3.63) is 140 Å². The van der Waals surface area contributed by atoms with Gasteiger partial charge in [-0.3, -0.25) is 0 Å². The summed E-state index contributed by atoms with van der Waals surface area (Å²) in [4.78, 5) is 43.5. The number of hydrogen-bond donors (Lipinski definition) is 0. The number of rotatable bonds is 10. The Morgan fingerprint density at radius 2 is 0.670 bits per heavy atom. The second-order valence-electron chi connectivity index (χ2n) is 25.6. The van der Waals surface area contributed by atoms with Crippen LogP contribution in [0.1, 0.15) is 158 Å². The highest BCUT2D eigenvalue weighted by molar-refractivity contribution is 5.86. The van der Waals surface area contributed by atoms with Crippen molar-refractivity contribution in [2.45, 2.75) is 178 Å². The van der Waals surface area contributed by atoms with E-state index in [0.717, 1.165) is 99.0 Å². The van der Waals surface area contributed by atoms with Gasteiger partial charge in [-0.05, 0) is 237 Å². The molecule has 28 heteroatoms. The summed E-state index contributed by atoms with van der Waals surface area (Å²) in [5, 5.41) is 0. The van der Waals surface area contributed by atoms with E-state index in [-0.39, 0.29) is 85.0 Å². The van der Waals surface area contributed by atoms with Gasteiger partial charge in [0.1, 0.15) is 11.6 Å². The lowest BCUT2D eigenvalue weighted by Crippen LogP contribution is -2.54. The van der Waals surface area contributed by atoms with Crippen LogP contribution < -0.4 is 0 Å². The summed E-state index contributed by atoms with van der Waals surface area (Å²) in [6, 6.07) is 11.3. The van der Waals surface area contributed by atoms with Crippen LogP contribution in [0.25, 0.3) is 0 Å². The van der Waals surface area contributed by atoms with E-state index in [0.29, 0.717) is 86.2 Å². The van der Waals surface area contributed by atoms with Gasteiger partial charge >= 0.3 is 36.8 Å². The van der Waals surface area contributed by atoms with Gasteiger partial charge in [0.2, 0.25) is 0 Å². The predicted octanol–water partition coefficient (Wildman–Crippen LogP) is 17.4. The summed E-state index contributed by atoms with van der Waals surface area (Å²) in [6.45, 7) is 11.8. The van der Waals surface area contributed by atoms with Crippen LogP contribution in [0.3, 0.4) is 0 Å². The number of aryl methyl sites for hydroxylation is 2. The first kappa shape index (κ1) is 80.1. The number of alkyl halides is 12. The molecular weight excluding hydrogens is 1340 g/mol. The number of amides is 4. The van der Waals surface area contributed by atoms with E-state index in [2.05, 4.69) is 19.6 Å². The van der Waals surface area contributed by atoms with Gasteiger partial charge in [0, 0.05) is 64.4 Å². The Bertz CT molecular complexity index is 2830. The Kier molecular flexibility index (Phi) is 28.8. The molecule has 4 atom stereocenters. The maximum absolute atomic E-state index is 14.1. The molecule has 0 saturated carbocycles. The fraction of sp³-hybridized carbons (Fsp3) is 0.606. The molecule has 0 radical (unpaired) electrons. The van der Waals surface area contributed by atoms with Gasteiger partial charge in [-0.2, -0.15) is 52.7 Å². The Labute approximate surface area is 566 Å². The molecule has 0 N–H and O–H groups in total. The third-order valence-corrected chi connectivity index (χ3v) is 19.5. The van der Waals surface area contributed by atoms with Crippen LogP contribution in [0.5, 0.6) is 0 Å². The minimum absolute atomic E-state index is 0. The predicted molar refractivity (Wildman–Crippen MR) is 343 cm³/mol. The first-order valence-corrected chi connectivity index (χ1v) is 31.5. The van der Waals surface area contributed by atoms with Crippen LogP contribution >= 0.6 is 49.6 Å². The monoisotopic (exact) mass is 1430 g/mol. The number of hydrogen-bond acceptors (Lipinski definition) is 6. The summed E-state index contributed by atoms with van der Waals surface area (Å²) >= 11 is 0. The van der Waals surface area contributed by atoms with E-state index in [9.17, 15) is 71.1 Å². The van der Waals surface area contributed by atoms with Gasteiger partial charge in [0.05, 0.1) is 34.3 Å². The van der Waals surface area contributed by atoms with Crippen LogP contribution in [0.2, 0.25) is 0 Å². The zero-order valence-corrected chi connectivity index (χ0v) is 56.4. The Morgan fingerprint density at radius 1 is 0.394 bits per heavy atom. The number of benzene rings is 4. The maximum Gasteiger partial charge on any atom is 0.416 e. The summed E-state index contributed by atoms with van der Waals surface area (Å²) in [5.74, 6) is -0.799. The van der Waals surface area contributed by atoms with Crippen LogP contribution in [-0.4, -0.2) is 155 Å². The van der Waals surface area contributed by atoms with E-state index >= 15 is 0 Å². The Hall–Kier alpha value is -4.56. The van der Waals surface area contributed by atoms with Crippen molar-refractivity contribution in [1.29, 1.82) is 0 Å². The average molecular weight is 1430 g/mol. The first-order chi connectivity index (χ1) is 42.4. The highest BCUT2D eigenvalue weighted by Crippen LogP contribution is 2.42. The molecule has 0 aliphatic carbocycles. The number of nitrogens with zero attached hydrogens (tertiary/aromatic N) is 8. The molecule has 528 valence electrons. The fourth-order valence-electron chi connectivity index (χ4n) is 14.8. The SMILES string of the molecule is Cc1cc(F)ccc1[C@@H]1C[C@H](N2CCC(N3CCCCC3)CC2)CCN1C(=O)N(C)Cc1cc(C(F)(F)F)cc(C(F)(F)F)c1.Cc1cc(F)ccc1[C@H]1C[C@@H](N2CCC(N3CCCCC3)CC2)CCN1C(=O)N(C)Cc1cc(C(F)(F)F)cc(C(F)(F)F)c1.Cl.Cl.Cl.Cl. The summed E-state index contributed by atoms with van der Waals surface area (Å²) < 4.78 is 189. The molecule has 0 spiro atoms. The highest BCUT2D eigenvalue weighted by atomic mass is 35.5. The van der Waals surface area contributed by atoms with Crippen molar-refractivity contribution in [1.82, 2.24) is 39.2 Å². The normalized spacial score (nSPS) is 21.9. The molecule has 4 aromatic carbocycles. The molecule has 6 heterocycles. The lowest BCUT2D eigenvalue weighted by atomic mass is 9.87. The Morgan fingerprint density at radius 3 is 0.947 bits per heavy atom. The van der Waals surface area contributed by atoms with Gasteiger partial charge < -0.3 is 39.2 Å². The second kappa shape index (κ2) is 33.8. The van der Waals surface area contributed by atoms with Crippen molar-refractivity contribution in [3.63, 3.8) is 0 Å². The highest BCUT2D eigenvalue weighted by Gasteiger charge is 2.43. The van der Waals surface area contributed by atoms with Crippen molar-refractivity contribution >= 4 is 61.7 Å². The smallest absolute Gasteiger partial charge is 0.323 e. The minimum atomic E-state index is -4.98. The molecule has 4 aromatic rings. The lowest BCUT2D eigenvalue weighted by molar-refractivity contribution is -0.144. The molecule has 10 rings (SSSR count). The van der Waals surface area contributed by atoms with Crippen molar-refractivity contribution in [2.24, 2.45) is 0 Å². The molecule has 0 unspecified atom stereocenters. The van der Waals surface area contributed by atoms with E-state index < -0.39 is 95.8 Å². The largest absolute Gasteiger partial charge is 0.416 e. The number of carbonyl (C=O) groups is 2. The van der Waals surface area contributed by atoms with Gasteiger partial charge in [0.25, 0.3) is 0 Å². The van der Waals surface area contributed by atoms with Gasteiger partial charge in [0.15, 0.2) is 0 Å². The molecule has 6 saturated heterocycles. The number of likely N-dealkylation sites (tertiary alicyclic amines) is 6. The van der Waals surface area contributed by atoms with Crippen molar-refractivity contribution in [2.75, 3.05) is 79.5 Å².